The van der Waals surface area contributed by atoms with Gasteiger partial charge in [0, 0.05) is 0 Å². The molecule has 1 aromatic heterocycles. The number of nitrogens with zero attached hydrogens (tertiary/aromatic N) is 1. The Kier molecular flexibility index (Phi) is 6.19. The SMILES string of the molecule is Cc1ccc(C(C)C)cc1-c1c[c]([Ge]([CH3])([CH3])[CH3])c(CC(C)C)c[n+]1C. The van der Waals surface area contributed by atoms with E-state index in [0.29, 0.717) is 11.8 Å². The van der Waals surface area contributed by atoms with E-state index < -0.39 is 13.3 Å². The van der Waals surface area contributed by atoms with Crippen molar-refractivity contribution >= 4 is 17.7 Å². The average Bonchev–Trinajstić information content (AvgIpc) is 2.46. The first kappa shape index (κ1) is 20.2. The van der Waals surface area contributed by atoms with Crippen molar-refractivity contribution in [3.8, 4) is 11.3 Å². The minimum atomic E-state index is -1.94. The molecule has 0 spiro atoms. The second-order valence-corrected chi connectivity index (χ2v) is 19.9. The van der Waals surface area contributed by atoms with Gasteiger partial charge in [-0.1, -0.05) is 0 Å². The molecule has 0 aliphatic heterocycles. The van der Waals surface area contributed by atoms with E-state index in [1.165, 1.54) is 28.8 Å². The first-order chi connectivity index (χ1) is 11.5. The van der Waals surface area contributed by atoms with Crippen LogP contribution in [0.25, 0.3) is 11.3 Å². The summed E-state index contributed by atoms with van der Waals surface area (Å²) in [7, 11) is 2.21. The predicted octanol–water partition coefficient (Wildman–Crippen LogP) is 5.35. The van der Waals surface area contributed by atoms with Crippen LogP contribution in [0, 0.1) is 12.8 Å². The third-order valence-electron chi connectivity index (χ3n) is 5.00. The second-order valence-electron chi connectivity index (χ2n) is 9.29. The molecule has 0 unspecified atom stereocenters. The summed E-state index contributed by atoms with van der Waals surface area (Å²) in [6, 6.07) is 9.48. The fourth-order valence-electron chi connectivity index (χ4n) is 3.55. The van der Waals surface area contributed by atoms with Gasteiger partial charge in [0.2, 0.25) is 0 Å². The molecule has 1 nitrogen and oxygen atoms in total. The van der Waals surface area contributed by atoms with Gasteiger partial charge in [-0.25, -0.2) is 0 Å². The van der Waals surface area contributed by atoms with Crippen molar-refractivity contribution in [3.63, 3.8) is 0 Å². The molecule has 0 aliphatic rings. The number of pyridine rings is 1. The second kappa shape index (κ2) is 7.65. The van der Waals surface area contributed by atoms with E-state index in [1.807, 2.05) is 0 Å². The van der Waals surface area contributed by atoms with Crippen molar-refractivity contribution in [1.82, 2.24) is 0 Å². The fourth-order valence-corrected chi connectivity index (χ4v) is 7.11. The molecule has 0 amide bonds. The van der Waals surface area contributed by atoms with Gasteiger partial charge >= 0.3 is 158 Å². The number of hydrogen-bond donors (Lipinski definition) is 0. The summed E-state index contributed by atoms with van der Waals surface area (Å²) in [5.41, 5.74) is 7.10. The molecular weight excluding hydrogens is 363 g/mol. The van der Waals surface area contributed by atoms with E-state index in [1.54, 1.807) is 9.96 Å². The maximum atomic E-state index is 2.52. The van der Waals surface area contributed by atoms with Gasteiger partial charge in [0.1, 0.15) is 0 Å². The van der Waals surface area contributed by atoms with Gasteiger partial charge in [-0.15, -0.1) is 0 Å². The van der Waals surface area contributed by atoms with E-state index in [4.69, 9.17) is 0 Å². The standard InChI is InChI=1S/C23H36GeN/c1-16(2)12-20-15-25(9)23(14-22(20)24(6,7)8)21-13-19(17(3)4)11-10-18(21)5/h10-11,13-17H,12H2,1-9H3/q+1. The first-order valence-corrected chi connectivity index (χ1v) is 17.0. The van der Waals surface area contributed by atoms with Crippen LogP contribution in [-0.2, 0) is 13.5 Å². The summed E-state index contributed by atoms with van der Waals surface area (Å²) < 4.78 is 4.01. The number of rotatable bonds is 5. The molecule has 136 valence electrons. The van der Waals surface area contributed by atoms with Gasteiger partial charge < -0.3 is 0 Å². The fraction of sp³-hybridized carbons (Fsp3) is 0.522. The van der Waals surface area contributed by atoms with Crippen LogP contribution in [0.3, 0.4) is 0 Å². The van der Waals surface area contributed by atoms with Crippen LogP contribution < -0.4 is 8.96 Å². The van der Waals surface area contributed by atoms with Crippen LogP contribution in [0.1, 0.15) is 50.3 Å². The molecule has 2 aromatic rings. The van der Waals surface area contributed by atoms with E-state index in [-0.39, 0.29) is 0 Å². The minimum absolute atomic E-state index is 0.560. The number of hydrogen-bond acceptors (Lipinski definition) is 0. The van der Waals surface area contributed by atoms with Crippen molar-refractivity contribution < 1.29 is 4.57 Å². The molecule has 0 N–H and O–H groups in total. The number of benzene rings is 1. The Morgan fingerprint density at radius 2 is 1.64 bits per heavy atom. The van der Waals surface area contributed by atoms with Crippen molar-refractivity contribution in [3.05, 3.63) is 47.2 Å². The number of aromatic nitrogens is 1. The molecule has 2 rings (SSSR count). The van der Waals surface area contributed by atoms with Crippen LogP contribution in [0.2, 0.25) is 17.3 Å². The van der Waals surface area contributed by atoms with Crippen molar-refractivity contribution in [2.45, 2.75) is 64.2 Å². The molecule has 2 heteroatoms. The third kappa shape index (κ3) is 4.75. The zero-order valence-corrected chi connectivity index (χ0v) is 19.8. The van der Waals surface area contributed by atoms with E-state index in [2.05, 4.69) is 94.0 Å². The zero-order chi connectivity index (χ0) is 18.9. The topological polar surface area (TPSA) is 3.88 Å². The molecule has 0 saturated carbocycles. The van der Waals surface area contributed by atoms with Crippen LogP contribution in [0.5, 0.6) is 0 Å². The van der Waals surface area contributed by atoms with Gasteiger partial charge in [0.25, 0.3) is 0 Å². The van der Waals surface area contributed by atoms with Gasteiger partial charge in [-0.3, -0.25) is 0 Å². The maximum absolute atomic E-state index is 2.52. The molecule has 0 radical (unpaired) electrons. The Bertz CT molecular complexity index is 751. The summed E-state index contributed by atoms with van der Waals surface area (Å²) >= 11 is -1.94. The first-order valence-electron chi connectivity index (χ1n) is 9.64. The zero-order valence-electron chi connectivity index (χ0n) is 17.7. The summed E-state index contributed by atoms with van der Waals surface area (Å²) in [4.78, 5) is 0. The van der Waals surface area contributed by atoms with Gasteiger partial charge in [0.05, 0.1) is 0 Å². The van der Waals surface area contributed by atoms with Crippen molar-refractivity contribution in [2.75, 3.05) is 0 Å². The summed E-state index contributed by atoms with van der Waals surface area (Å²) in [6.45, 7) is 11.4. The van der Waals surface area contributed by atoms with E-state index >= 15 is 0 Å². The third-order valence-corrected chi connectivity index (χ3v) is 9.36. The quantitative estimate of drug-likeness (QED) is 0.471. The Hall–Kier alpha value is -1.09. The van der Waals surface area contributed by atoms with E-state index in [0.717, 1.165) is 0 Å². The molecule has 0 fully saturated rings. The molecule has 1 heterocycles. The molecular formula is C23H36GeN+. The van der Waals surface area contributed by atoms with E-state index in [9.17, 15) is 0 Å². The van der Waals surface area contributed by atoms with Crippen molar-refractivity contribution in [1.29, 1.82) is 0 Å². The Morgan fingerprint density at radius 3 is 2.16 bits per heavy atom. The Labute approximate surface area is 157 Å². The monoisotopic (exact) mass is 400 g/mol. The molecule has 25 heavy (non-hydrogen) atoms. The van der Waals surface area contributed by atoms with Crippen LogP contribution in [0.15, 0.2) is 30.5 Å². The van der Waals surface area contributed by atoms with Crippen LogP contribution >= 0.6 is 0 Å². The Balaban J connectivity index is 2.69. The van der Waals surface area contributed by atoms with Crippen LogP contribution in [0.4, 0.5) is 0 Å². The molecule has 0 atom stereocenters. The Morgan fingerprint density at radius 1 is 1.00 bits per heavy atom. The molecule has 0 saturated heterocycles. The molecule has 0 bridgehead atoms. The van der Waals surface area contributed by atoms with Gasteiger partial charge in [-0.05, 0) is 0 Å². The van der Waals surface area contributed by atoms with Gasteiger partial charge in [0.15, 0.2) is 0 Å². The summed E-state index contributed by atoms with van der Waals surface area (Å²) in [5.74, 6) is 8.80. The number of aryl methyl sites for hydroxylation is 2. The van der Waals surface area contributed by atoms with Crippen molar-refractivity contribution in [2.24, 2.45) is 13.0 Å². The van der Waals surface area contributed by atoms with Gasteiger partial charge in [-0.2, -0.15) is 0 Å². The van der Waals surface area contributed by atoms with Crippen LogP contribution in [-0.4, -0.2) is 13.3 Å². The molecule has 0 aliphatic carbocycles. The molecule has 1 aromatic carbocycles. The summed E-state index contributed by atoms with van der Waals surface area (Å²) in [5, 5.41) is 0. The normalized spacial score (nSPS) is 12.3. The predicted molar refractivity (Wildman–Crippen MR) is 113 cm³/mol. The average molecular weight is 399 g/mol. The summed E-state index contributed by atoms with van der Waals surface area (Å²) in [6.07, 6.45) is 3.58.